The second kappa shape index (κ2) is 8.39. The maximum absolute atomic E-state index is 13.0. The van der Waals surface area contributed by atoms with E-state index in [2.05, 4.69) is 26.2 Å². The summed E-state index contributed by atoms with van der Waals surface area (Å²) >= 11 is 3.52. The van der Waals surface area contributed by atoms with Gasteiger partial charge in [-0.25, -0.2) is 0 Å². The molecule has 1 unspecified atom stereocenters. The van der Waals surface area contributed by atoms with Gasteiger partial charge in [0.1, 0.15) is 5.78 Å². The molecule has 1 fully saturated rings. The quantitative estimate of drug-likeness (QED) is 0.651. The number of aryl methyl sites for hydroxylation is 2. The van der Waals surface area contributed by atoms with Crippen LogP contribution in [0.25, 0.3) is 0 Å². The van der Waals surface area contributed by atoms with Crippen molar-refractivity contribution in [1.29, 1.82) is 0 Å². The number of carbonyl (C=O) groups excluding carboxylic acids is 2. The molecule has 0 bridgehead atoms. The molecule has 2 heterocycles. The van der Waals surface area contributed by atoms with E-state index in [1.54, 1.807) is 6.07 Å². The summed E-state index contributed by atoms with van der Waals surface area (Å²) in [5.74, 6) is 0.299. The van der Waals surface area contributed by atoms with Gasteiger partial charge in [0.05, 0.1) is 4.47 Å². The molecule has 1 saturated carbocycles. The van der Waals surface area contributed by atoms with E-state index in [-0.39, 0.29) is 29.7 Å². The van der Waals surface area contributed by atoms with Crippen molar-refractivity contribution in [2.75, 3.05) is 0 Å². The van der Waals surface area contributed by atoms with Gasteiger partial charge in [-0.15, -0.1) is 0 Å². The van der Waals surface area contributed by atoms with Crippen LogP contribution in [0.3, 0.4) is 0 Å². The van der Waals surface area contributed by atoms with Crippen molar-refractivity contribution in [2.24, 2.45) is 5.92 Å². The minimum atomic E-state index is -0.877. The van der Waals surface area contributed by atoms with Crippen LogP contribution >= 0.6 is 15.9 Å². The molecule has 7 nitrogen and oxygen atoms in total. The number of halogens is 1. The lowest BCUT2D eigenvalue weighted by molar-refractivity contribution is -0.135. The third kappa shape index (κ3) is 4.08. The van der Waals surface area contributed by atoms with Crippen LogP contribution in [0.4, 0.5) is 0 Å². The number of hydrogen-bond acceptors (Lipinski definition) is 5. The Bertz CT molecular complexity index is 1160. The van der Waals surface area contributed by atoms with Crippen molar-refractivity contribution in [1.82, 2.24) is 10.3 Å². The zero-order valence-corrected chi connectivity index (χ0v) is 20.3. The maximum atomic E-state index is 13.0. The van der Waals surface area contributed by atoms with Crippen molar-refractivity contribution >= 4 is 27.6 Å². The minimum Gasteiger partial charge on any atom is -0.448 e. The van der Waals surface area contributed by atoms with Crippen molar-refractivity contribution in [3.05, 3.63) is 54.9 Å². The highest BCUT2D eigenvalue weighted by Crippen LogP contribution is 2.51. The molecule has 0 radical (unpaired) electrons. The molecule has 1 aliphatic carbocycles. The number of amides is 1. The molecule has 0 saturated heterocycles. The van der Waals surface area contributed by atoms with Gasteiger partial charge < -0.3 is 19.8 Å². The number of Topliss-reactive ketones (excluding diaryl/α,β-unsaturated/α-hetero) is 1. The van der Waals surface area contributed by atoms with Crippen molar-refractivity contribution in [2.45, 2.75) is 65.7 Å². The normalized spacial score (nSPS) is 20.5. The molecule has 1 aromatic heterocycles. The Labute approximate surface area is 195 Å². The summed E-state index contributed by atoms with van der Waals surface area (Å²) in [6.07, 6.45) is 2.51. The van der Waals surface area contributed by atoms with Gasteiger partial charge in [-0.1, -0.05) is 0 Å². The summed E-state index contributed by atoms with van der Waals surface area (Å²) < 4.78 is 13.1. The highest BCUT2D eigenvalue weighted by molar-refractivity contribution is 9.10. The molecule has 1 aromatic carbocycles. The second-order valence-corrected chi connectivity index (χ2v) is 9.70. The molecule has 170 valence electrons. The second-order valence-electron chi connectivity index (χ2n) is 8.85. The number of aromatic nitrogens is 1. The standard InChI is InChI=1S/C24H27BrN2O5/c1-12-9-13(2)27-23(30)18(12)11-26-22(29)17-10-19(25)21-20(14(17)3)31-24(4,32-21)15-5-7-16(28)8-6-15/h9-10,15H,5-8,11H2,1-4H3,(H,26,29)(H,27,30). The van der Waals surface area contributed by atoms with E-state index in [4.69, 9.17) is 9.47 Å². The maximum Gasteiger partial charge on any atom is 0.253 e. The number of benzene rings is 1. The number of ether oxygens (including phenoxy) is 2. The zero-order valence-electron chi connectivity index (χ0n) is 18.7. The van der Waals surface area contributed by atoms with Crippen LogP contribution in [0.5, 0.6) is 11.5 Å². The first-order chi connectivity index (χ1) is 15.1. The van der Waals surface area contributed by atoms with Gasteiger partial charge in [0.2, 0.25) is 0 Å². The Morgan fingerprint density at radius 3 is 2.47 bits per heavy atom. The summed E-state index contributed by atoms with van der Waals surface area (Å²) in [6, 6.07) is 3.60. The van der Waals surface area contributed by atoms with E-state index in [1.165, 1.54) is 0 Å². The van der Waals surface area contributed by atoms with E-state index in [0.29, 0.717) is 45.5 Å². The highest BCUT2D eigenvalue weighted by Gasteiger charge is 2.47. The summed E-state index contributed by atoms with van der Waals surface area (Å²) in [5, 5.41) is 2.85. The first-order valence-corrected chi connectivity index (χ1v) is 11.6. The van der Waals surface area contributed by atoms with Crippen LogP contribution in [0, 0.1) is 26.7 Å². The molecule has 1 amide bonds. The first-order valence-electron chi connectivity index (χ1n) is 10.8. The summed E-state index contributed by atoms with van der Waals surface area (Å²) in [5.41, 5.74) is 3.06. The van der Waals surface area contributed by atoms with Crippen LogP contribution < -0.4 is 20.3 Å². The summed E-state index contributed by atoms with van der Waals surface area (Å²) in [4.78, 5) is 39.7. The predicted octanol–water partition coefficient (Wildman–Crippen LogP) is 4.24. The Balaban J connectivity index is 1.56. The van der Waals surface area contributed by atoms with Crippen LogP contribution in [0.15, 0.2) is 21.4 Å². The Morgan fingerprint density at radius 2 is 1.81 bits per heavy atom. The highest BCUT2D eigenvalue weighted by atomic mass is 79.9. The van der Waals surface area contributed by atoms with E-state index in [9.17, 15) is 14.4 Å². The lowest BCUT2D eigenvalue weighted by Gasteiger charge is -2.34. The zero-order chi connectivity index (χ0) is 23.2. The van der Waals surface area contributed by atoms with E-state index >= 15 is 0 Å². The van der Waals surface area contributed by atoms with Crippen molar-refractivity contribution < 1.29 is 19.1 Å². The molecule has 8 heteroatoms. The number of hydrogen-bond donors (Lipinski definition) is 2. The molecular weight excluding hydrogens is 476 g/mol. The molecule has 32 heavy (non-hydrogen) atoms. The fraction of sp³-hybridized carbons (Fsp3) is 0.458. The smallest absolute Gasteiger partial charge is 0.253 e. The number of pyridine rings is 1. The molecule has 1 aliphatic heterocycles. The van der Waals surface area contributed by atoms with E-state index in [1.807, 2.05) is 33.8 Å². The lowest BCUT2D eigenvalue weighted by atomic mass is 9.83. The average Bonchev–Trinajstić information content (AvgIpc) is 3.10. The first kappa shape index (κ1) is 22.6. The molecule has 0 spiro atoms. The summed E-state index contributed by atoms with van der Waals surface area (Å²) in [7, 11) is 0. The third-order valence-corrected chi connectivity index (χ3v) is 7.09. The van der Waals surface area contributed by atoms with Gasteiger partial charge in [0.25, 0.3) is 17.3 Å². The van der Waals surface area contributed by atoms with Crippen molar-refractivity contribution in [3.63, 3.8) is 0 Å². The molecule has 4 rings (SSSR count). The number of rotatable bonds is 4. The van der Waals surface area contributed by atoms with Gasteiger partial charge in [-0.05, 0) is 67.2 Å². The Morgan fingerprint density at radius 1 is 1.16 bits per heavy atom. The molecular formula is C24H27BrN2O5. The molecule has 2 aliphatic rings. The van der Waals surface area contributed by atoms with Crippen LogP contribution in [0.2, 0.25) is 0 Å². The minimum absolute atomic E-state index is 0.0902. The van der Waals surface area contributed by atoms with Crippen LogP contribution in [-0.4, -0.2) is 22.5 Å². The Kier molecular flexibility index (Phi) is 5.92. The summed E-state index contributed by atoms with van der Waals surface area (Å²) in [6.45, 7) is 7.52. The molecule has 1 atom stereocenters. The topological polar surface area (TPSA) is 97.5 Å². The third-order valence-electron chi connectivity index (χ3n) is 6.50. The van der Waals surface area contributed by atoms with Gasteiger partial charge in [0, 0.05) is 54.6 Å². The van der Waals surface area contributed by atoms with Gasteiger partial charge in [-0.3, -0.25) is 14.4 Å². The SMILES string of the molecule is Cc1cc(C)c(CNC(=O)c2cc(Br)c3c(c2C)OC(C)(C2CCC(=O)CC2)O3)c(=O)[nH]1. The average molecular weight is 503 g/mol. The van der Waals surface area contributed by atoms with Gasteiger partial charge in [0.15, 0.2) is 11.5 Å². The number of aromatic amines is 1. The van der Waals surface area contributed by atoms with E-state index < -0.39 is 5.79 Å². The number of fused-ring (bicyclic) bond motifs is 1. The van der Waals surface area contributed by atoms with Gasteiger partial charge in [-0.2, -0.15) is 0 Å². The van der Waals surface area contributed by atoms with Crippen molar-refractivity contribution in [3.8, 4) is 11.5 Å². The van der Waals surface area contributed by atoms with Crippen LogP contribution in [-0.2, 0) is 11.3 Å². The van der Waals surface area contributed by atoms with Gasteiger partial charge >= 0.3 is 0 Å². The number of carbonyl (C=O) groups is 2. The lowest BCUT2D eigenvalue weighted by Crippen LogP contribution is -2.44. The fourth-order valence-electron chi connectivity index (χ4n) is 4.58. The monoisotopic (exact) mass is 502 g/mol. The molecule has 2 aromatic rings. The predicted molar refractivity (Wildman–Crippen MR) is 123 cm³/mol. The molecule has 2 N–H and O–H groups in total. The number of H-pyrrole nitrogens is 1. The van der Waals surface area contributed by atoms with Crippen LogP contribution in [0.1, 0.15) is 65.3 Å². The largest absolute Gasteiger partial charge is 0.448 e. The van der Waals surface area contributed by atoms with E-state index in [0.717, 1.165) is 24.1 Å². The Hall–Kier alpha value is -2.61. The number of nitrogens with one attached hydrogen (secondary N) is 2. The number of ketones is 1. The fourth-order valence-corrected chi connectivity index (χ4v) is 5.07.